The molecule has 1 heterocycles. The van der Waals surface area contributed by atoms with Crippen LogP contribution in [0, 0.1) is 6.92 Å². The van der Waals surface area contributed by atoms with Gasteiger partial charge in [-0.15, -0.1) is 0 Å². The van der Waals surface area contributed by atoms with E-state index in [4.69, 9.17) is 25.8 Å². The van der Waals surface area contributed by atoms with Gasteiger partial charge in [0.2, 0.25) is 5.90 Å². The van der Waals surface area contributed by atoms with E-state index in [0.29, 0.717) is 35.3 Å². The van der Waals surface area contributed by atoms with Crippen molar-refractivity contribution in [3.63, 3.8) is 0 Å². The van der Waals surface area contributed by atoms with E-state index in [0.717, 1.165) is 11.1 Å². The summed E-state index contributed by atoms with van der Waals surface area (Å²) in [6.07, 6.45) is 1.65. The minimum Gasteiger partial charge on any atom is -0.490 e. The Hall–Kier alpha value is -3.57. The van der Waals surface area contributed by atoms with Crippen molar-refractivity contribution in [3.8, 4) is 11.5 Å². The van der Waals surface area contributed by atoms with Crippen molar-refractivity contribution in [1.82, 2.24) is 0 Å². The second kappa shape index (κ2) is 9.71. The van der Waals surface area contributed by atoms with Gasteiger partial charge >= 0.3 is 5.97 Å². The van der Waals surface area contributed by atoms with Gasteiger partial charge in [0.1, 0.15) is 6.61 Å². The van der Waals surface area contributed by atoms with Gasteiger partial charge in [-0.1, -0.05) is 59.6 Å². The lowest BCUT2D eigenvalue weighted by atomic mass is 10.1. The molecule has 3 aromatic rings. The highest BCUT2D eigenvalue weighted by atomic mass is 35.5. The molecular weight excluding hydrogens is 426 g/mol. The topological polar surface area (TPSA) is 57.1 Å². The molecule has 4 rings (SSSR count). The maximum atomic E-state index is 12.3. The second-order valence-corrected chi connectivity index (χ2v) is 7.64. The molecule has 0 N–H and O–H groups in total. The van der Waals surface area contributed by atoms with E-state index in [9.17, 15) is 4.79 Å². The monoisotopic (exact) mass is 447 g/mol. The zero-order valence-electron chi connectivity index (χ0n) is 17.8. The van der Waals surface area contributed by atoms with Crippen LogP contribution in [-0.2, 0) is 16.1 Å². The summed E-state index contributed by atoms with van der Waals surface area (Å²) in [5, 5.41) is 0.467. The molecule has 0 unspecified atom stereocenters. The molecule has 0 spiro atoms. The lowest BCUT2D eigenvalue weighted by Gasteiger charge is -2.13. The van der Waals surface area contributed by atoms with E-state index in [1.165, 1.54) is 5.56 Å². The van der Waals surface area contributed by atoms with Crippen LogP contribution in [0.3, 0.4) is 0 Å². The first-order valence-corrected chi connectivity index (χ1v) is 10.6. The number of carbonyl (C=O) groups is 1. The normalized spacial score (nSPS) is 14.3. The second-order valence-electron chi connectivity index (χ2n) is 7.23. The average Bonchev–Trinajstić information content (AvgIpc) is 3.13. The lowest BCUT2D eigenvalue weighted by Crippen LogP contribution is -2.05. The summed E-state index contributed by atoms with van der Waals surface area (Å²) in [6, 6.07) is 20.7. The summed E-state index contributed by atoms with van der Waals surface area (Å²) in [5.74, 6) is 0.883. The van der Waals surface area contributed by atoms with E-state index >= 15 is 0 Å². The summed E-state index contributed by atoms with van der Waals surface area (Å²) < 4.78 is 17.1. The average molecular weight is 448 g/mol. The highest BCUT2D eigenvalue weighted by molar-refractivity contribution is 6.34. The molecule has 0 bridgehead atoms. The number of halogens is 1. The number of rotatable bonds is 7. The number of nitrogens with zero attached hydrogens (tertiary/aromatic N) is 1. The predicted molar refractivity (Wildman–Crippen MR) is 125 cm³/mol. The first kappa shape index (κ1) is 21.7. The number of carbonyl (C=O) groups excluding carboxylic acids is 1. The molecular formula is C26H22ClNO4. The van der Waals surface area contributed by atoms with Gasteiger partial charge in [0.05, 0.1) is 17.2 Å². The Bertz CT molecular complexity index is 1220. The summed E-state index contributed by atoms with van der Waals surface area (Å²) in [5.41, 5.74) is 3.76. The Morgan fingerprint density at radius 2 is 1.84 bits per heavy atom. The Kier molecular flexibility index (Phi) is 6.57. The summed E-state index contributed by atoms with van der Waals surface area (Å²) in [7, 11) is 0. The molecule has 0 aliphatic carbocycles. The summed E-state index contributed by atoms with van der Waals surface area (Å²) in [6.45, 7) is 4.87. The van der Waals surface area contributed by atoms with Gasteiger partial charge in [0.25, 0.3) is 0 Å². The van der Waals surface area contributed by atoms with Gasteiger partial charge < -0.3 is 14.2 Å². The molecule has 6 heteroatoms. The highest BCUT2D eigenvalue weighted by Crippen LogP contribution is 2.31. The number of hydrogen-bond acceptors (Lipinski definition) is 5. The van der Waals surface area contributed by atoms with Crippen molar-refractivity contribution < 1.29 is 19.0 Å². The van der Waals surface area contributed by atoms with Crippen molar-refractivity contribution in [2.75, 3.05) is 6.61 Å². The fourth-order valence-electron chi connectivity index (χ4n) is 3.28. The smallest absolute Gasteiger partial charge is 0.363 e. The standard InChI is InChI=1S/C26H22ClNO4/c1-3-30-24-15-18(11-12-23(24)31-16-19-8-6-7-17(2)13-19)14-22-26(29)32-25(28-22)20-9-4-5-10-21(20)27/h4-15H,3,16H2,1-2H3/b22-14+. The fourth-order valence-corrected chi connectivity index (χ4v) is 3.50. The third-order valence-electron chi connectivity index (χ3n) is 4.77. The molecule has 1 aliphatic rings. The molecule has 0 saturated heterocycles. The van der Waals surface area contributed by atoms with Crippen LogP contribution < -0.4 is 9.47 Å². The van der Waals surface area contributed by atoms with E-state index in [1.807, 2.05) is 56.3 Å². The molecule has 5 nitrogen and oxygen atoms in total. The lowest BCUT2D eigenvalue weighted by molar-refractivity contribution is -0.129. The molecule has 0 radical (unpaired) electrons. The molecule has 0 fully saturated rings. The van der Waals surface area contributed by atoms with Gasteiger partial charge in [-0.3, -0.25) is 0 Å². The Morgan fingerprint density at radius 3 is 2.62 bits per heavy atom. The predicted octanol–water partition coefficient (Wildman–Crippen LogP) is 5.97. The Balaban J connectivity index is 1.57. The maximum Gasteiger partial charge on any atom is 0.363 e. The van der Waals surface area contributed by atoms with Gasteiger partial charge in [-0.05, 0) is 55.3 Å². The van der Waals surface area contributed by atoms with E-state index < -0.39 is 5.97 Å². The SMILES string of the molecule is CCOc1cc(/C=C2/N=C(c3ccccc3Cl)OC2=O)ccc1OCc1cccc(C)c1. The quantitative estimate of drug-likeness (QED) is 0.330. The zero-order valence-corrected chi connectivity index (χ0v) is 18.6. The van der Waals surface area contributed by atoms with Gasteiger partial charge in [-0.2, -0.15) is 0 Å². The first-order valence-electron chi connectivity index (χ1n) is 10.3. The van der Waals surface area contributed by atoms with Crippen molar-refractivity contribution >= 4 is 29.5 Å². The number of aryl methyl sites for hydroxylation is 1. The first-order chi connectivity index (χ1) is 15.5. The van der Waals surface area contributed by atoms with Crippen LogP contribution >= 0.6 is 11.6 Å². The summed E-state index contributed by atoms with van der Waals surface area (Å²) >= 11 is 6.19. The number of esters is 1. The zero-order chi connectivity index (χ0) is 22.5. The molecule has 1 aliphatic heterocycles. The van der Waals surface area contributed by atoms with Gasteiger partial charge in [-0.25, -0.2) is 9.79 Å². The molecule has 0 aromatic heterocycles. The van der Waals surface area contributed by atoms with Crippen molar-refractivity contribution in [1.29, 1.82) is 0 Å². The third kappa shape index (κ3) is 5.01. The van der Waals surface area contributed by atoms with E-state index in [1.54, 1.807) is 24.3 Å². The van der Waals surface area contributed by atoms with Crippen LogP contribution in [0.2, 0.25) is 5.02 Å². The number of ether oxygens (including phenoxy) is 3. The van der Waals surface area contributed by atoms with Crippen LogP contribution in [-0.4, -0.2) is 18.5 Å². The molecule has 32 heavy (non-hydrogen) atoms. The molecule has 162 valence electrons. The number of hydrogen-bond donors (Lipinski definition) is 0. The van der Waals surface area contributed by atoms with Crippen molar-refractivity contribution in [2.45, 2.75) is 20.5 Å². The molecule has 0 atom stereocenters. The largest absolute Gasteiger partial charge is 0.490 e. The van der Waals surface area contributed by atoms with Gasteiger partial charge in [0.15, 0.2) is 17.2 Å². The third-order valence-corrected chi connectivity index (χ3v) is 5.10. The van der Waals surface area contributed by atoms with Gasteiger partial charge in [0, 0.05) is 0 Å². The minimum atomic E-state index is -0.530. The Labute approximate surface area is 191 Å². The van der Waals surface area contributed by atoms with Crippen LogP contribution in [0.1, 0.15) is 29.2 Å². The van der Waals surface area contributed by atoms with E-state index in [-0.39, 0.29) is 11.6 Å². The molecule has 0 saturated carbocycles. The Morgan fingerprint density at radius 1 is 1.00 bits per heavy atom. The van der Waals surface area contributed by atoms with Crippen LogP contribution in [0.25, 0.3) is 6.08 Å². The highest BCUT2D eigenvalue weighted by Gasteiger charge is 2.25. The van der Waals surface area contributed by atoms with Crippen LogP contribution in [0.4, 0.5) is 0 Å². The molecule has 0 amide bonds. The van der Waals surface area contributed by atoms with Crippen LogP contribution in [0.15, 0.2) is 77.4 Å². The summed E-state index contributed by atoms with van der Waals surface area (Å²) in [4.78, 5) is 16.7. The van der Waals surface area contributed by atoms with Crippen LogP contribution in [0.5, 0.6) is 11.5 Å². The molecule has 3 aromatic carbocycles. The minimum absolute atomic E-state index is 0.190. The number of benzene rings is 3. The van der Waals surface area contributed by atoms with E-state index in [2.05, 4.69) is 11.1 Å². The fraction of sp³-hybridized carbons (Fsp3) is 0.154. The maximum absolute atomic E-state index is 12.3. The number of cyclic esters (lactones) is 1. The van der Waals surface area contributed by atoms with Crippen molar-refractivity contribution in [3.05, 3.63) is 99.7 Å². The number of aliphatic imine (C=N–C) groups is 1. The van der Waals surface area contributed by atoms with Crippen molar-refractivity contribution in [2.24, 2.45) is 4.99 Å².